The Morgan fingerprint density at radius 2 is 1.15 bits per heavy atom. The summed E-state index contributed by atoms with van der Waals surface area (Å²) in [5.74, 6) is -2.52. The van der Waals surface area contributed by atoms with Gasteiger partial charge in [-0.05, 0) is 77.0 Å². The van der Waals surface area contributed by atoms with Gasteiger partial charge in [0.1, 0.15) is 12.6 Å². The van der Waals surface area contributed by atoms with Gasteiger partial charge in [0.05, 0.1) is 19.3 Å². The van der Waals surface area contributed by atoms with Crippen molar-refractivity contribution in [2.24, 2.45) is 5.73 Å². The van der Waals surface area contributed by atoms with E-state index in [4.69, 9.17) is 24.8 Å². The highest BCUT2D eigenvalue weighted by Gasteiger charge is 2.28. The van der Waals surface area contributed by atoms with Gasteiger partial charge in [-0.3, -0.25) is 23.4 Å². The molecule has 0 aromatic rings. The second kappa shape index (κ2) is 40.0. The van der Waals surface area contributed by atoms with Crippen LogP contribution in [0.25, 0.3) is 0 Å². The topological polar surface area (TPSA) is 192 Å². The number of carbonyl (C=O) groups is 3. The smallest absolute Gasteiger partial charge is 0.472 e. The Balaban J connectivity index is 4.53. The number of aliphatic hydroxyl groups excluding tert-OH is 1. The zero-order valence-corrected chi connectivity index (χ0v) is 36.8. The molecule has 0 radical (unpaired) electrons. The third-order valence-electron chi connectivity index (χ3n) is 8.73. The maximum absolute atomic E-state index is 12.6. The van der Waals surface area contributed by atoms with Crippen LogP contribution in [0.4, 0.5) is 0 Å². The molecule has 0 spiro atoms. The lowest BCUT2D eigenvalue weighted by Crippen LogP contribution is -2.34. The summed E-state index contributed by atoms with van der Waals surface area (Å²) in [6.07, 6.45) is 45.2. The number of rotatable bonds is 39. The lowest BCUT2D eigenvalue weighted by Gasteiger charge is -2.20. The van der Waals surface area contributed by atoms with Gasteiger partial charge in [-0.2, -0.15) is 0 Å². The molecule has 0 aromatic heterocycles. The van der Waals surface area contributed by atoms with Crippen molar-refractivity contribution in [3.05, 3.63) is 85.1 Å². The number of phosphoric acid groups is 1. The number of aliphatic hydroxyl groups is 1. The first-order valence-corrected chi connectivity index (χ1v) is 23.2. The number of ether oxygens (including phenoxy) is 2. The Morgan fingerprint density at radius 3 is 1.78 bits per heavy atom. The van der Waals surface area contributed by atoms with Gasteiger partial charge in [-0.15, -0.1) is 0 Å². The number of phosphoric ester groups is 1. The SMILES string of the molecule is CC/C=C/C/C=C/C=C/C(O)CCCCCCCC(=O)OC[C@H](COP(=O)(O)OC[C@H](N)C(=O)O)OC(=O)CCCCC/C=C\C/C=C\C/C=C\C/C=C\CCCCC. The van der Waals surface area contributed by atoms with Gasteiger partial charge in [-0.1, -0.05) is 144 Å². The number of carbonyl (C=O) groups excluding carboxylic acids is 2. The van der Waals surface area contributed by atoms with Crippen molar-refractivity contribution in [2.75, 3.05) is 19.8 Å². The fraction of sp³-hybridized carbons (Fsp3) is 0.630. The monoisotopic (exact) mass is 850 g/mol. The van der Waals surface area contributed by atoms with Crippen LogP contribution in [-0.4, -0.2) is 71.1 Å². The van der Waals surface area contributed by atoms with Crippen molar-refractivity contribution in [3.8, 4) is 0 Å². The molecule has 0 amide bonds. The van der Waals surface area contributed by atoms with E-state index in [1.165, 1.54) is 19.3 Å². The van der Waals surface area contributed by atoms with E-state index < -0.39 is 63.8 Å². The highest BCUT2D eigenvalue weighted by molar-refractivity contribution is 7.47. The van der Waals surface area contributed by atoms with E-state index >= 15 is 0 Å². The van der Waals surface area contributed by atoms with Crippen LogP contribution >= 0.6 is 7.82 Å². The zero-order valence-electron chi connectivity index (χ0n) is 35.9. The molecule has 0 rings (SSSR count). The standard InChI is InChI=1S/C46H76NO11P/c1-3-5-7-9-11-12-13-14-15-16-17-18-19-20-21-22-24-28-33-37-45(50)58-42(39-56-59(53,54)57-40-43(47)46(51)52)38-55-44(49)36-32-29-25-27-31-35-41(48)34-30-26-23-10-8-6-4-2/h6,8,11-12,14-15,17-18,20-21,23,26,30,34,41-43,48H,3-5,7,9-10,13,16,19,22,24-25,27-29,31-33,35-40,47H2,1-2H3,(H,51,52)(H,53,54)/b8-6+,12-11-,15-14-,18-17-,21-20-,26-23+,34-30+/t41?,42-,43+/m1/s1. The Bertz CT molecular complexity index is 1340. The minimum absolute atomic E-state index is 0.0983. The summed E-state index contributed by atoms with van der Waals surface area (Å²) in [5.41, 5.74) is 5.32. The molecule has 0 heterocycles. The number of nitrogens with two attached hydrogens (primary N) is 1. The zero-order chi connectivity index (χ0) is 43.7. The highest BCUT2D eigenvalue weighted by Crippen LogP contribution is 2.43. The van der Waals surface area contributed by atoms with Crippen LogP contribution in [0.1, 0.15) is 149 Å². The van der Waals surface area contributed by atoms with E-state index in [1.807, 2.05) is 18.2 Å². The normalized spacial score (nSPS) is 15.1. The first-order valence-electron chi connectivity index (χ1n) is 21.7. The maximum atomic E-state index is 12.6. The molecule has 13 heteroatoms. The van der Waals surface area contributed by atoms with Crippen molar-refractivity contribution < 1.29 is 52.6 Å². The van der Waals surface area contributed by atoms with Gasteiger partial charge in [-0.25, -0.2) is 4.57 Å². The van der Waals surface area contributed by atoms with E-state index in [9.17, 15) is 28.9 Å². The Kier molecular flexibility index (Phi) is 37.8. The number of aliphatic carboxylic acids is 1. The van der Waals surface area contributed by atoms with Gasteiger partial charge < -0.3 is 30.3 Å². The van der Waals surface area contributed by atoms with Crippen molar-refractivity contribution in [1.29, 1.82) is 0 Å². The van der Waals surface area contributed by atoms with Crippen molar-refractivity contribution in [3.63, 3.8) is 0 Å². The van der Waals surface area contributed by atoms with Crippen molar-refractivity contribution in [2.45, 2.75) is 167 Å². The third-order valence-corrected chi connectivity index (χ3v) is 9.68. The summed E-state index contributed by atoms with van der Waals surface area (Å²) in [5, 5.41) is 19.0. The molecular weight excluding hydrogens is 773 g/mol. The van der Waals surface area contributed by atoms with Gasteiger partial charge in [0.15, 0.2) is 6.10 Å². The summed E-state index contributed by atoms with van der Waals surface area (Å²) in [4.78, 5) is 46.0. The molecular formula is C46H76NO11P. The van der Waals surface area contributed by atoms with Gasteiger partial charge >= 0.3 is 25.7 Å². The first-order chi connectivity index (χ1) is 28.5. The number of hydrogen-bond acceptors (Lipinski definition) is 10. The summed E-state index contributed by atoms with van der Waals surface area (Å²) >= 11 is 0. The molecule has 0 aliphatic rings. The molecule has 0 fully saturated rings. The molecule has 336 valence electrons. The fourth-order valence-electron chi connectivity index (χ4n) is 5.29. The molecule has 4 atom stereocenters. The lowest BCUT2D eigenvalue weighted by molar-refractivity contribution is -0.161. The van der Waals surface area contributed by atoms with E-state index in [0.717, 1.165) is 83.5 Å². The van der Waals surface area contributed by atoms with Gasteiger partial charge in [0.25, 0.3) is 0 Å². The third kappa shape index (κ3) is 39.8. The minimum Gasteiger partial charge on any atom is -0.480 e. The van der Waals surface area contributed by atoms with Gasteiger partial charge in [0, 0.05) is 12.8 Å². The van der Waals surface area contributed by atoms with Gasteiger partial charge in [0.2, 0.25) is 0 Å². The molecule has 2 unspecified atom stereocenters. The van der Waals surface area contributed by atoms with Crippen LogP contribution in [0.2, 0.25) is 0 Å². The second-order valence-electron chi connectivity index (χ2n) is 14.3. The molecule has 0 saturated heterocycles. The summed E-state index contributed by atoms with van der Waals surface area (Å²) < 4.78 is 32.6. The number of esters is 2. The maximum Gasteiger partial charge on any atom is 0.472 e. The van der Waals surface area contributed by atoms with Crippen LogP contribution in [0.15, 0.2) is 85.1 Å². The average molecular weight is 850 g/mol. The number of allylic oxidation sites excluding steroid dienone is 13. The lowest BCUT2D eigenvalue weighted by atomic mass is 10.1. The number of carboxylic acids is 1. The largest absolute Gasteiger partial charge is 0.480 e. The fourth-order valence-corrected chi connectivity index (χ4v) is 6.07. The van der Waals surface area contributed by atoms with Crippen LogP contribution in [0.3, 0.4) is 0 Å². The number of hydrogen-bond donors (Lipinski definition) is 4. The Hall–Kier alpha value is -3.38. The predicted octanol–water partition coefficient (Wildman–Crippen LogP) is 10.5. The van der Waals surface area contributed by atoms with Crippen molar-refractivity contribution in [1.82, 2.24) is 0 Å². The minimum atomic E-state index is -4.75. The van der Waals surface area contributed by atoms with E-state index in [0.29, 0.717) is 19.3 Å². The molecule has 5 N–H and O–H groups in total. The summed E-state index contributed by atoms with van der Waals surface area (Å²) in [6, 6.07) is -1.55. The van der Waals surface area contributed by atoms with Crippen LogP contribution < -0.4 is 5.73 Å². The first kappa shape index (κ1) is 55.6. The molecule has 59 heavy (non-hydrogen) atoms. The van der Waals surface area contributed by atoms with Crippen LogP contribution in [0.5, 0.6) is 0 Å². The molecule has 0 saturated carbocycles. The second-order valence-corrected chi connectivity index (χ2v) is 15.7. The van der Waals surface area contributed by atoms with Crippen LogP contribution in [0, 0.1) is 0 Å². The number of carboxylic acid groups (broad SMARTS) is 1. The molecule has 0 aromatic carbocycles. The Labute approximate surface area is 355 Å². The predicted molar refractivity (Wildman–Crippen MR) is 236 cm³/mol. The Morgan fingerprint density at radius 1 is 0.627 bits per heavy atom. The summed E-state index contributed by atoms with van der Waals surface area (Å²) in [7, 11) is -4.75. The van der Waals surface area contributed by atoms with Crippen molar-refractivity contribution >= 4 is 25.7 Å². The molecule has 12 nitrogen and oxygen atoms in total. The molecule has 0 aliphatic carbocycles. The highest BCUT2D eigenvalue weighted by atomic mass is 31.2. The molecule has 0 aliphatic heterocycles. The quantitative estimate of drug-likeness (QED) is 0.0151. The van der Waals surface area contributed by atoms with E-state index in [2.05, 4.69) is 79.1 Å². The number of unbranched alkanes of at least 4 members (excludes halogenated alkanes) is 10. The van der Waals surface area contributed by atoms with E-state index in [1.54, 1.807) is 6.08 Å². The van der Waals surface area contributed by atoms with E-state index in [-0.39, 0.29) is 12.8 Å². The van der Waals surface area contributed by atoms with Crippen LogP contribution in [-0.2, 0) is 37.5 Å². The molecule has 0 bridgehead atoms. The summed E-state index contributed by atoms with van der Waals surface area (Å²) in [6.45, 7) is 2.49. The average Bonchev–Trinajstić information content (AvgIpc) is 3.21.